The van der Waals surface area contributed by atoms with Gasteiger partial charge in [0.1, 0.15) is 12.4 Å². The van der Waals surface area contributed by atoms with Crippen molar-refractivity contribution >= 4 is 29.9 Å². The van der Waals surface area contributed by atoms with E-state index in [2.05, 4.69) is 20.6 Å². The summed E-state index contributed by atoms with van der Waals surface area (Å²) in [5.74, 6) is 1.85. The monoisotopic (exact) mass is 469 g/mol. The summed E-state index contributed by atoms with van der Waals surface area (Å²) in [7, 11) is 0. The fraction of sp³-hybridized carbons (Fsp3) is 0.765. The van der Waals surface area contributed by atoms with Gasteiger partial charge in [0.05, 0.1) is 0 Å². The predicted molar refractivity (Wildman–Crippen MR) is 108 cm³/mol. The summed E-state index contributed by atoms with van der Waals surface area (Å²) in [5, 5.41) is 6.41. The summed E-state index contributed by atoms with van der Waals surface area (Å²) in [5.41, 5.74) is 0. The Kier molecular flexibility index (Phi) is 11.0. The second-order valence-electron chi connectivity index (χ2n) is 6.30. The minimum atomic E-state index is -2.58. The SMILES string of the molecule is CCNC(=NCc1nccn1C(F)F)NCCCCC1CCCC1.I. The molecule has 5 nitrogen and oxygen atoms in total. The number of halogens is 3. The van der Waals surface area contributed by atoms with Crippen molar-refractivity contribution in [3.05, 3.63) is 18.2 Å². The van der Waals surface area contributed by atoms with Crippen molar-refractivity contribution in [3.8, 4) is 0 Å². The van der Waals surface area contributed by atoms with Crippen molar-refractivity contribution in [2.45, 2.75) is 65.0 Å². The number of imidazole rings is 1. The standard InChI is InChI=1S/C17H29F2N5.HI/c1-2-20-17(22-10-6-5-9-14-7-3-4-8-14)23-13-15-21-11-12-24(15)16(18)19;/h11-12,14,16H,2-10,13H2,1H3,(H2,20,22,23);1H. The van der Waals surface area contributed by atoms with Crippen molar-refractivity contribution in [2.75, 3.05) is 13.1 Å². The van der Waals surface area contributed by atoms with Gasteiger partial charge < -0.3 is 10.6 Å². The van der Waals surface area contributed by atoms with Crippen LogP contribution in [0.5, 0.6) is 0 Å². The first kappa shape index (κ1) is 22.1. The van der Waals surface area contributed by atoms with E-state index in [9.17, 15) is 8.78 Å². The lowest BCUT2D eigenvalue weighted by Gasteiger charge is -2.12. The van der Waals surface area contributed by atoms with E-state index in [1.54, 1.807) is 0 Å². The van der Waals surface area contributed by atoms with Gasteiger partial charge in [-0.15, -0.1) is 24.0 Å². The van der Waals surface area contributed by atoms with E-state index in [0.29, 0.717) is 5.96 Å². The summed E-state index contributed by atoms with van der Waals surface area (Å²) < 4.78 is 26.4. The van der Waals surface area contributed by atoms with Crippen LogP contribution in [0, 0.1) is 5.92 Å². The van der Waals surface area contributed by atoms with E-state index in [-0.39, 0.29) is 36.3 Å². The van der Waals surface area contributed by atoms with Crippen LogP contribution in [-0.2, 0) is 6.54 Å². The van der Waals surface area contributed by atoms with Gasteiger partial charge in [0.2, 0.25) is 0 Å². The largest absolute Gasteiger partial charge is 0.357 e. The average Bonchev–Trinajstić information content (AvgIpc) is 3.23. The molecule has 0 amide bonds. The fourth-order valence-electron chi connectivity index (χ4n) is 3.20. The van der Waals surface area contributed by atoms with Crippen molar-refractivity contribution in [2.24, 2.45) is 10.9 Å². The summed E-state index contributed by atoms with van der Waals surface area (Å²) in [6.07, 6.45) is 11.9. The Morgan fingerprint density at radius 2 is 2.08 bits per heavy atom. The second kappa shape index (κ2) is 12.4. The topological polar surface area (TPSA) is 54.2 Å². The molecule has 1 heterocycles. The third-order valence-electron chi connectivity index (χ3n) is 4.49. The first-order valence-electron chi connectivity index (χ1n) is 9.02. The van der Waals surface area contributed by atoms with Crippen molar-refractivity contribution in [3.63, 3.8) is 0 Å². The summed E-state index contributed by atoms with van der Waals surface area (Å²) >= 11 is 0. The van der Waals surface area contributed by atoms with Gasteiger partial charge in [-0.1, -0.05) is 38.5 Å². The molecule has 1 aromatic heterocycles. The molecule has 2 N–H and O–H groups in total. The highest BCUT2D eigenvalue weighted by atomic mass is 127. The second-order valence-corrected chi connectivity index (χ2v) is 6.30. The first-order chi connectivity index (χ1) is 11.7. The lowest BCUT2D eigenvalue weighted by Crippen LogP contribution is -2.37. The zero-order chi connectivity index (χ0) is 17.2. The van der Waals surface area contributed by atoms with Crippen LogP contribution < -0.4 is 10.6 Å². The predicted octanol–water partition coefficient (Wildman–Crippen LogP) is 4.31. The van der Waals surface area contributed by atoms with Gasteiger partial charge in [0.15, 0.2) is 5.96 Å². The van der Waals surface area contributed by atoms with Crippen LogP contribution in [-0.4, -0.2) is 28.6 Å². The minimum absolute atomic E-state index is 0. The van der Waals surface area contributed by atoms with E-state index >= 15 is 0 Å². The van der Waals surface area contributed by atoms with E-state index in [1.165, 1.54) is 50.9 Å². The Hall–Kier alpha value is -0.930. The van der Waals surface area contributed by atoms with Gasteiger partial charge in [0.25, 0.3) is 0 Å². The highest BCUT2D eigenvalue weighted by Gasteiger charge is 2.14. The molecule has 0 aliphatic heterocycles. The summed E-state index contributed by atoms with van der Waals surface area (Å²) in [6.45, 7) is 1.12. The van der Waals surface area contributed by atoms with Crippen molar-refractivity contribution in [1.29, 1.82) is 0 Å². The molecule has 1 aliphatic rings. The third kappa shape index (κ3) is 7.87. The molecule has 144 valence electrons. The molecule has 2 rings (SSSR count). The fourth-order valence-corrected chi connectivity index (χ4v) is 3.20. The van der Waals surface area contributed by atoms with Gasteiger partial charge in [0, 0.05) is 25.5 Å². The van der Waals surface area contributed by atoms with E-state index < -0.39 is 6.55 Å². The highest BCUT2D eigenvalue weighted by Crippen LogP contribution is 2.28. The maximum absolute atomic E-state index is 12.8. The number of unbranched alkanes of at least 4 members (excludes halogenated alkanes) is 1. The highest BCUT2D eigenvalue weighted by molar-refractivity contribution is 14.0. The number of hydrogen-bond donors (Lipinski definition) is 2. The number of nitrogens with zero attached hydrogens (tertiary/aromatic N) is 3. The molecule has 1 aliphatic carbocycles. The molecule has 25 heavy (non-hydrogen) atoms. The molecular formula is C17H30F2IN5. The number of guanidine groups is 1. The molecule has 0 atom stereocenters. The minimum Gasteiger partial charge on any atom is -0.357 e. The Bertz CT molecular complexity index is 501. The number of aromatic nitrogens is 2. The molecule has 0 aromatic carbocycles. The Morgan fingerprint density at radius 3 is 2.76 bits per heavy atom. The number of hydrogen-bond acceptors (Lipinski definition) is 2. The van der Waals surface area contributed by atoms with Crippen molar-refractivity contribution < 1.29 is 8.78 Å². The molecule has 0 spiro atoms. The lowest BCUT2D eigenvalue weighted by atomic mass is 10.0. The maximum Gasteiger partial charge on any atom is 0.319 e. The molecular weight excluding hydrogens is 439 g/mol. The van der Waals surface area contributed by atoms with Gasteiger partial charge in [-0.05, 0) is 19.3 Å². The van der Waals surface area contributed by atoms with Crippen LogP contribution in [0.2, 0.25) is 0 Å². The quantitative estimate of drug-likeness (QED) is 0.245. The molecule has 1 saturated carbocycles. The van der Waals surface area contributed by atoms with Crippen LogP contribution >= 0.6 is 24.0 Å². The first-order valence-corrected chi connectivity index (χ1v) is 9.02. The zero-order valence-corrected chi connectivity index (χ0v) is 17.2. The third-order valence-corrected chi connectivity index (χ3v) is 4.49. The molecule has 1 fully saturated rings. The number of aliphatic imine (C=N–C) groups is 1. The van der Waals surface area contributed by atoms with Gasteiger partial charge >= 0.3 is 6.55 Å². The maximum atomic E-state index is 12.8. The van der Waals surface area contributed by atoms with Crippen molar-refractivity contribution in [1.82, 2.24) is 20.2 Å². The van der Waals surface area contributed by atoms with E-state index in [0.717, 1.165) is 30.0 Å². The number of nitrogens with one attached hydrogen (secondary N) is 2. The normalized spacial score (nSPS) is 15.4. The van der Waals surface area contributed by atoms with Crippen LogP contribution in [0.4, 0.5) is 8.78 Å². The number of rotatable bonds is 9. The summed E-state index contributed by atoms with van der Waals surface area (Å²) in [4.78, 5) is 8.30. The Labute approximate surface area is 166 Å². The Morgan fingerprint density at radius 1 is 1.32 bits per heavy atom. The molecule has 8 heteroatoms. The van der Waals surface area contributed by atoms with Crippen LogP contribution in [0.3, 0.4) is 0 Å². The van der Waals surface area contributed by atoms with Gasteiger partial charge in [-0.2, -0.15) is 8.78 Å². The van der Waals surface area contributed by atoms with Crippen LogP contribution in [0.25, 0.3) is 0 Å². The molecule has 0 radical (unpaired) electrons. The molecule has 1 aromatic rings. The van der Waals surface area contributed by atoms with E-state index in [1.807, 2.05) is 6.92 Å². The van der Waals surface area contributed by atoms with E-state index in [4.69, 9.17) is 0 Å². The molecule has 0 bridgehead atoms. The van der Waals surface area contributed by atoms with Crippen LogP contribution in [0.15, 0.2) is 17.4 Å². The van der Waals surface area contributed by atoms with Gasteiger partial charge in [-0.3, -0.25) is 4.57 Å². The molecule has 0 unspecified atom stereocenters. The van der Waals surface area contributed by atoms with Crippen LogP contribution in [0.1, 0.15) is 64.2 Å². The molecule has 0 saturated heterocycles. The van der Waals surface area contributed by atoms with Gasteiger partial charge in [-0.25, -0.2) is 9.98 Å². The number of alkyl halides is 2. The smallest absolute Gasteiger partial charge is 0.319 e. The Balaban J connectivity index is 0.00000312. The average molecular weight is 469 g/mol. The lowest BCUT2D eigenvalue weighted by molar-refractivity contribution is 0.0671. The zero-order valence-electron chi connectivity index (χ0n) is 14.9. The summed E-state index contributed by atoms with van der Waals surface area (Å²) in [6, 6.07) is 0.